The second-order valence-electron chi connectivity index (χ2n) is 8.45. The first-order chi connectivity index (χ1) is 14.6. The molecule has 0 saturated heterocycles. The summed E-state index contributed by atoms with van der Waals surface area (Å²) in [5.74, 6) is 1.25. The summed E-state index contributed by atoms with van der Waals surface area (Å²) in [4.78, 5) is 0. The lowest BCUT2D eigenvalue weighted by molar-refractivity contribution is 0.665. The largest absolute Gasteiger partial charge is 0.356 e. The van der Waals surface area contributed by atoms with Gasteiger partial charge >= 0.3 is 0 Å². The van der Waals surface area contributed by atoms with Gasteiger partial charge in [-0.15, -0.1) is 0 Å². The molecule has 2 nitrogen and oxygen atoms in total. The Morgan fingerprint density at radius 2 is 0.767 bits per heavy atom. The van der Waals surface area contributed by atoms with Gasteiger partial charge in [-0.1, -0.05) is 64.8 Å². The van der Waals surface area contributed by atoms with Crippen molar-refractivity contribution in [2.24, 2.45) is 0 Å². The average Bonchev–Trinajstić information content (AvgIpc) is 2.76. The molecular formula is C28H36N2. The Balaban J connectivity index is 1.57. The van der Waals surface area contributed by atoms with Crippen molar-refractivity contribution in [1.29, 1.82) is 0 Å². The fourth-order valence-electron chi connectivity index (χ4n) is 3.96. The molecule has 2 heteroatoms. The fourth-order valence-corrected chi connectivity index (χ4v) is 3.96. The van der Waals surface area contributed by atoms with Crippen LogP contribution in [0, 0.1) is 0 Å². The molecule has 0 aromatic heterocycles. The maximum absolute atomic E-state index is 3.50. The highest BCUT2D eigenvalue weighted by atomic mass is 14.9. The average molecular weight is 401 g/mol. The molecule has 158 valence electrons. The molecule has 0 aliphatic heterocycles. The summed E-state index contributed by atoms with van der Waals surface area (Å²) in [5, 5.41) is 6.99. The standard InChI is InChI=1S/C28H36N2/c1-5-7-21(3)23-9-13-25(14-10-23)29-27-17-19-28(20-18-27)30-26-15-11-24(12-16-26)22(4)8-6-2/h9-22,29-30H,5-8H2,1-4H3. The van der Waals surface area contributed by atoms with Crippen LogP contribution in [0.4, 0.5) is 22.7 Å². The van der Waals surface area contributed by atoms with Crippen LogP contribution >= 0.6 is 0 Å². The maximum atomic E-state index is 3.50. The van der Waals surface area contributed by atoms with Crippen LogP contribution in [0.1, 0.15) is 76.3 Å². The second kappa shape index (κ2) is 10.9. The molecule has 0 spiro atoms. The van der Waals surface area contributed by atoms with Gasteiger partial charge in [0, 0.05) is 22.7 Å². The molecule has 0 heterocycles. The summed E-state index contributed by atoms with van der Waals surface area (Å²) in [5.41, 5.74) is 7.27. The molecule has 2 unspecified atom stereocenters. The molecule has 3 aromatic carbocycles. The third-order valence-corrected chi connectivity index (χ3v) is 5.87. The second-order valence-corrected chi connectivity index (χ2v) is 8.45. The number of anilines is 4. The van der Waals surface area contributed by atoms with E-state index in [1.54, 1.807) is 0 Å². The highest BCUT2D eigenvalue weighted by Crippen LogP contribution is 2.26. The van der Waals surface area contributed by atoms with Gasteiger partial charge in [0.2, 0.25) is 0 Å². The molecule has 0 aliphatic rings. The minimum atomic E-state index is 0.623. The SMILES string of the molecule is CCCC(C)c1ccc(Nc2ccc(Nc3ccc(C(C)CCC)cc3)cc2)cc1. The van der Waals surface area contributed by atoms with E-state index in [-0.39, 0.29) is 0 Å². The number of rotatable bonds is 10. The van der Waals surface area contributed by atoms with Crippen molar-refractivity contribution in [3.05, 3.63) is 83.9 Å². The lowest BCUT2D eigenvalue weighted by Gasteiger charge is -2.13. The maximum Gasteiger partial charge on any atom is 0.0385 e. The predicted octanol–water partition coefficient (Wildman–Crippen LogP) is 8.98. The molecule has 0 saturated carbocycles. The van der Waals surface area contributed by atoms with Crippen molar-refractivity contribution in [3.8, 4) is 0 Å². The van der Waals surface area contributed by atoms with Crippen molar-refractivity contribution >= 4 is 22.7 Å². The molecule has 2 atom stereocenters. The van der Waals surface area contributed by atoms with Gasteiger partial charge in [0.05, 0.1) is 0 Å². The molecule has 30 heavy (non-hydrogen) atoms. The van der Waals surface area contributed by atoms with E-state index in [1.165, 1.54) is 36.8 Å². The molecule has 3 aromatic rings. The topological polar surface area (TPSA) is 24.1 Å². The zero-order chi connectivity index (χ0) is 21.3. The lowest BCUT2D eigenvalue weighted by atomic mass is 9.96. The molecule has 0 fully saturated rings. The van der Waals surface area contributed by atoms with Crippen LogP contribution in [0.3, 0.4) is 0 Å². The van der Waals surface area contributed by atoms with E-state index in [9.17, 15) is 0 Å². The van der Waals surface area contributed by atoms with E-state index >= 15 is 0 Å². The van der Waals surface area contributed by atoms with Gasteiger partial charge in [0.25, 0.3) is 0 Å². The predicted molar refractivity (Wildman–Crippen MR) is 133 cm³/mol. The first-order valence-corrected chi connectivity index (χ1v) is 11.4. The van der Waals surface area contributed by atoms with E-state index in [4.69, 9.17) is 0 Å². The first kappa shape index (κ1) is 22.0. The van der Waals surface area contributed by atoms with Crippen LogP contribution in [0.25, 0.3) is 0 Å². The number of hydrogen-bond acceptors (Lipinski definition) is 2. The van der Waals surface area contributed by atoms with Crippen LogP contribution in [-0.4, -0.2) is 0 Å². The zero-order valence-electron chi connectivity index (χ0n) is 18.9. The van der Waals surface area contributed by atoms with Gasteiger partial charge in [-0.05, 0) is 84.3 Å². The Bertz CT molecular complexity index is 803. The Morgan fingerprint density at radius 1 is 0.500 bits per heavy atom. The van der Waals surface area contributed by atoms with Gasteiger partial charge < -0.3 is 10.6 Å². The third-order valence-electron chi connectivity index (χ3n) is 5.87. The summed E-state index contributed by atoms with van der Waals surface area (Å²) >= 11 is 0. The van der Waals surface area contributed by atoms with Crippen molar-refractivity contribution in [2.45, 2.75) is 65.2 Å². The molecule has 0 bridgehead atoms. The minimum absolute atomic E-state index is 0.623. The Labute approximate surface area is 182 Å². The van der Waals surface area contributed by atoms with Crippen molar-refractivity contribution < 1.29 is 0 Å². The van der Waals surface area contributed by atoms with Gasteiger partial charge in [-0.25, -0.2) is 0 Å². The first-order valence-electron chi connectivity index (χ1n) is 11.4. The molecule has 2 N–H and O–H groups in total. The Morgan fingerprint density at radius 3 is 1.03 bits per heavy atom. The fraction of sp³-hybridized carbons (Fsp3) is 0.357. The zero-order valence-corrected chi connectivity index (χ0v) is 18.9. The van der Waals surface area contributed by atoms with Crippen LogP contribution in [0.2, 0.25) is 0 Å². The highest BCUT2D eigenvalue weighted by molar-refractivity contribution is 5.66. The van der Waals surface area contributed by atoms with Gasteiger partial charge in [0.15, 0.2) is 0 Å². The van der Waals surface area contributed by atoms with Gasteiger partial charge in [0.1, 0.15) is 0 Å². The molecule has 0 radical (unpaired) electrons. The van der Waals surface area contributed by atoms with Gasteiger partial charge in [-0.3, -0.25) is 0 Å². The summed E-state index contributed by atoms with van der Waals surface area (Å²) < 4.78 is 0. The monoisotopic (exact) mass is 400 g/mol. The van der Waals surface area contributed by atoms with E-state index in [1.807, 2.05) is 0 Å². The van der Waals surface area contributed by atoms with Gasteiger partial charge in [-0.2, -0.15) is 0 Å². The summed E-state index contributed by atoms with van der Waals surface area (Å²) in [6.45, 7) is 9.09. The Kier molecular flexibility index (Phi) is 7.96. The molecule has 3 rings (SSSR count). The quantitative estimate of drug-likeness (QED) is 0.355. The van der Waals surface area contributed by atoms with Crippen LogP contribution < -0.4 is 10.6 Å². The normalized spacial score (nSPS) is 12.9. The summed E-state index contributed by atoms with van der Waals surface area (Å²) in [6.07, 6.45) is 4.93. The molecule has 0 aliphatic carbocycles. The number of benzene rings is 3. The van der Waals surface area contributed by atoms with Crippen LogP contribution in [0.15, 0.2) is 72.8 Å². The highest BCUT2D eigenvalue weighted by Gasteiger charge is 2.05. The van der Waals surface area contributed by atoms with Crippen molar-refractivity contribution in [1.82, 2.24) is 0 Å². The third kappa shape index (κ3) is 6.13. The van der Waals surface area contributed by atoms with Crippen LogP contribution in [-0.2, 0) is 0 Å². The summed E-state index contributed by atoms with van der Waals surface area (Å²) in [7, 11) is 0. The molecule has 0 amide bonds. The van der Waals surface area contributed by atoms with E-state index in [2.05, 4.69) is 111 Å². The lowest BCUT2D eigenvalue weighted by Crippen LogP contribution is -1.96. The van der Waals surface area contributed by atoms with E-state index in [0.29, 0.717) is 11.8 Å². The number of nitrogens with one attached hydrogen (secondary N) is 2. The van der Waals surface area contributed by atoms with E-state index in [0.717, 1.165) is 22.7 Å². The Hall–Kier alpha value is -2.74. The smallest absolute Gasteiger partial charge is 0.0385 e. The van der Waals surface area contributed by atoms with E-state index < -0.39 is 0 Å². The number of hydrogen-bond donors (Lipinski definition) is 2. The minimum Gasteiger partial charge on any atom is -0.356 e. The van der Waals surface area contributed by atoms with Crippen molar-refractivity contribution in [2.75, 3.05) is 10.6 Å². The van der Waals surface area contributed by atoms with Crippen molar-refractivity contribution in [3.63, 3.8) is 0 Å². The summed E-state index contributed by atoms with van der Waals surface area (Å²) in [6, 6.07) is 26.1. The molecular weight excluding hydrogens is 364 g/mol. The van der Waals surface area contributed by atoms with Crippen LogP contribution in [0.5, 0.6) is 0 Å².